The number of aromatic nitrogens is 3. The molecule has 9 heteroatoms. The maximum absolute atomic E-state index is 12.2. The lowest BCUT2D eigenvalue weighted by Crippen LogP contribution is -2.23. The van der Waals surface area contributed by atoms with E-state index in [1.54, 1.807) is 19.1 Å². The average Bonchev–Trinajstić information content (AvgIpc) is 2.94. The van der Waals surface area contributed by atoms with Crippen LogP contribution in [0.25, 0.3) is 0 Å². The van der Waals surface area contributed by atoms with Crippen molar-refractivity contribution in [3.63, 3.8) is 0 Å². The van der Waals surface area contributed by atoms with Gasteiger partial charge in [0.1, 0.15) is 6.33 Å². The largest absolute Gasteiger partial charge is 0.319 e. The Hall–Kier alpha value is -2.26. The molecule has 1 aromatic carbocycles. The average molecular weight is 309 g/mol. The quantitative estimate of drug-likeness (QED) is 0.860. The predicted molar refractivity (Wildman–Crippen MR) is 76.4 cm³/mol. The predicted octanol–water partition coefficient (Wildman–Crippen LogP) is 0.616. The Labute approximate surface area is 122 Å². The Kier molecular flexibility index (Phi) is 4.05. The number of aryl methyl sites for hydroxylation is 1. The second-order valence-corrected chi connectivity index (χ2v) is 6.68. The van der Waals surface area contributed by atoms with E-state index in [4.69, 9.17) is 0 Å². The highest BCUT2D eigenvalue weighted by Crippen LogP contribution is 2.22. The van der Waals surface area contributed by atoms with E-state index in [-0.39, 0.29) is 10.7 Å². The molecular weight excluding hydrogens is 294 g/mol. The Morgan fingerprint density at radius 1 is 1.33 bits per heavy atom. The molecule has 112 valence electrons. The summed E-state index contributed by atoms with van der Waals surface area (Å²) in [7, 11) is -0.668. The van der Waals surface area contributed by atoms with E-state index in [9.17, 15) is 13.2 Å². The molecule has 1 heterocycles. The molecule has 2 aromatic rings. The van der Waals surface area contributed by atoms with Crippen LogP contribution in [0.15, 0.2) is 29.4 Å². The Bertz CT molecular complexity index is 753. The fourth-order valence-electron chi connectivity index (χ4n) is 1.66. The summed E-state index contributed by atoms with van der Waals surface area (Å²) in [6, 6.07) is 4.67. The second-order valence-electron chi connectivity index (χ2n) is 4.56. The minimum Gasteiger partial charge on any atom is -0.319 e. The minimum absolute atomic E-state index is 0.0487. The number of benzene rings is 1. The van der Waals surface area contributed by atoms with E-state index in [1.807, 2.05) is 0 Å². The van der Waals surface area contributed by atoms with Gasteiger partial charge in [-0.1, -0.05) is 6.07 Å². The van der Waals surface area contributed by atoms with Crippen molar-refractivity contribution in [2.75, 3.05) is 19.4 Å². The molecule has 0 unspecified atom stereocenters. The van der Waals surface area contributed by atoms with Crippen LogP contribution in [0.2, 0.25) is 0 Å². The lowest BCUT2D eigenvalue weighted by Gasteiger charge is -2.14. The van der Waals surface area contributed by atoms with Gasteiger partial charge >= 0.3 is 0 Å². The van der Waals surface area contributed by atoms with Crippen LogP contribution in [0.5, 0.6) is 0 Å². The fourth-order valence-corrected chi connectivity index (χ4v) is 2.80. The van der Waals surface area contributed by atoms with E-state index in [0.29, 0.717) is 11.3 Å². The maximum atomic E-state index is 12.2. The molecule has 0 radical (unpaired) electrons. The number of nitrogens with one attached hydrogen (secondary N) is 2. The molecule has 0 saturated heterocycles. The van der Waals surface area contributed by atoms with Gasteiger partial charge in [0.15, 0.2) is 0 Å². The van der Waals surface area contributed by atoms with Crippen LogP contribution in [-0.2, 0) is 10.0 Å². The van der Waals surface area contributed by atoms with Crippen molar-refractivity contribution in [3.8, 4) is 0 Å². The van der Waals surface area contributed by atoms with Crippen LogP contribution in [0.4, 0.5) is 5.69 Å². The number of carbonyl (C=O) groups is 1. The fraction of sp³-hybridized carbons (Fsp3) is 0.250. The van der Waals surface area contributed by atoms with Crippen molar-refractivity contribution >= 4 is 21.6 Å². The first-order valence-electron chi connectivity index (χ1n) is 6.02. The van der Waals surface area contributed by atoms with Gasteiger partial charge < -0.3 is 5.32 Å². The summed E-state index contributed by atoms with van der Waals surface area (Å²) in [6.45, 7) is 1.69. The molecule has 0 aliphatic heterocycles. The smallest absolute Gasteiger partial charge is 0.292 e. The van der Waals surface area contributed by atoms with E-state index < -0.39 is 15.9 Å². The Morgan fingerprint density at radius 3 is 2.62 bits per heavy atom. The molecular formula is C12H15N5O3S. The third-order valence-corrected chi connectivity index (χ3v) is 4.79. The van der Waals surface area contributed by atoms with Crippen LogP contribution < -0.4 is 5.32 Å². The van der Waals surface area contributed by atoms with Gasteiger partial charge in [0.25, 0.3) is 5.91 Å². The van der Waals surface area contributed by atoms with Gasteiger partial charge in [-0.05, 0) is 24.6 Å². The lowest BCUT2D eigenvalue weighted by molar-refractivity contribution is 0.101. The first-order chi connectivity index (χ1) is 9.82. The van der Waals surface area contributed by atoms with Crippen LogP contribution >= 0.6 is 0 Å². The van der Waals surface area contributed by atoms with Crippen LogP contribution in [-0.4, -0.2) is 47.9 Å². The highest BCUT2D eigenvalue weighted by Gasteiger charge is 2.20. The highest BCUT2D eigenvalue weighted by molar-refractivity contribution is 7.89. The zero-order chi connectivity index (χ0) is 15.6. The number of sulfonamides is 1. The third kappa shape index (κ3) is 3.09. The third-order valence-electron chi connectivity index (χ3n) is 2.83. The van der Waals surface area contributed by atoms with Gasteiger partial charge in [-0.2, -0.15) is 5.10 Å². The highest BCUT2D eigenvalue weighted by atomic mass is 32.2. The molecule has 0 saturated carbocycles. The van der Waals surface area contributed by atoms with Gasteiger partial charge in [-0.3, -0.25) is 9.89 Å². The normalized spacial score (nSPS) is 11.6. The molecule has 0 aliphatic carbocycles. The first kappa shape index (κ1) is 15.1. The zero-order valence-electron chi connectivity index (χ0n) is 11.8. The van der Waals surface area contributed by atoms with Crippen molar-refractivity contribution < 1.29 is 13.2 Å². The number of carbonyl (C=O) groups excluding carboxylic acids is 1. The minimum atomic E-state index is -3.57. The van der Waals surface area contributed by atoms with Gasteiger partial charge in [0.05, 0.1) is 4.90 Å². The molecule has 0 atom stereocenters. The number of anilines is 1. The molecule has 0 bridgehead atoms. The number of H-pyrrole nitrogens is 1. The van der Waals surface area contributed by atoms with Crippen molar-refractivity contribution in [2.45, 2.75) is 11.8 Å². The second kappa shape index (κ2) is 5.62. The van der Waals surface area contributed by atoms with Crippen molar-refractivity contribution in [1.82, 2.24) is 19.5 Å². The number of nitrogens with zero attached hydrogens (tertiary/aromatic N) is 3. The summed E-state index contributed by atoms with van der Waals surface area (Å²) in [5.41, 5.74) is 0.962. The Balaban J connectivity index is 2.34. The lowest BCUT2D eigenvalue weighted by atomic mass is 10.2. The van der Waals surface area contributed by atoms with E-state index in [1.165, 1.54) is 26.5 Å². The Morgan fingerprint density at radius 2 is 2.05 bits per heavy atom. The summed E-state index contributed by atoms with van der Waals surface area (Å²) in [6.07, 6.45) is 1.21. The van der Waals surface area contributed by atoms with Crippen LogP contribution in [0.1, 0.15) is 16.2 Å². The SMILES string of the molecule is Cc1ccc(NC(=O)c2ncn[nH]2)cc1S(=O)(=O)N(C)C. The van der Waals surface area contributed by atoms with E-state index in [0.717, 1.165) is 4.31 Å². The molecule has 8 nitrogen and oxygen atoms in total. The summed E-state index contributed by atoms with van der Waals surface area (Å²) >= 11 is 0. The number of aromatic amines is 1. The van der Waals surface area contributed by atoms with Crippen molar-refractivity contribution in [2.24, 2.45) is 0 Å². The maximum Gasteiger partial charge on any atom is 0.292 e. The van der Waals surface area contributed by atoms with Crippen LogP contribution in [0.3, 0.4) is 0 Å². The molecule has 0 spiro atoms. The summed E-state index contributed by atoms with van der Waals surface area (Å²) in [5, 5.41) is 8.58. The molecule has 21 heavy (non-hydrogen) atoms. The monoisotopic (exact) mass is 309 g/mol. The molecule has 0 aliphatic rings. The van der Waals surface area contributed by atoms with Gasteiger partial charge in [-0.25, -0.2) is 17.7 Å². The molecule has 2 rings (SSSR count). The number of hydrogen-bond acceptors (Lipinski definition) is 5. The molecule has 0 fully saturated rings. The summed E-state index contributed by atoms with van der Waals surface area (Å²) in [4.78, 5) is 15.7. The van der Waals surface area contributed by atoms with E-state index >= 15 is 0 Å². The van der Waals surface area contributed by atoms with E-state index in [2.05, 4.69) is 20.5 Å². The number of hydrogen-bond donors (Lipinski definition) is 2. The van der Waals surface area contributed by atoms with Gasteiger partial charge in [-0.15, -0.1) is 0 Å². The number of rotatable bonds is 4. The summed E-state index contributed by atoms with van der Waals surface area (Å²) < 4.78 is 25.5. The number of amides is 1. The van der Waals surface area contributed by atoms with Gasteiger partial charge in [0.2, 0.25) is 15.8 Å². The zero-order valence-corrected chi connectivity index (χ0v) is 12.6. The first-order valence-corrected chi connectivity index (χ1v) is 7.46. The van der Waals surface area contributed by atoms with Gasteiger partial charge in [0, 0.05) is 19.8 Å². The topological polar surface area (TPSA) is 108 Å². The van der Waals surface area contributed by atoms with Crippen molar-refractivity contribution in [3.05, 3.63) is 35.9 Å². The summed E-state index contributed by atoms with van der Waals surface area (Å²) in [5.74, 6) is -0.447. The molecule has 1 aromatic heterocycles. The molecule has 1 amide bonds. The standard InChI is InChI=1S/C12H15N5O3S/c1-8-4-5-9(6-10(8)21(19,20)17(2)3)15-12(18)11-13-7-14-16-11/h4-7H,1-3H3,(H,15,18)(H,13,14,16). The van der Waals surface area contributed by atoms with Crippen molar-refractivity contribution in [1.29, 1.82) is 0 Å². The molecule has 2 N–H and O–H groups in total. The van der Waals surface area contributed by atoms with Crippen LogP contribution in [0, 0.1) is 6.92 Å².